The van der Waals surface area contributed by atoms with Crippen molar-refractivity contribution in [2.45, 2.75) is 18.9 Å². The SMILES string of the molecule is O=C(Oc1nc2cc(Cl)ccc2s1)C1CCCN1. The van der Waals surface area contributed by atoms with Crippen LogP contribution < -0.4 is 10.1 Å². The van der Waals surface area contributed by atoms with E-state index in [2.05, 4.69) is 10.3 Å². The largest absolute Gasteiger partial charge is 0.397 e. The van der Waals surface area contributed by atoms with E-state index in [4.69, 9.17) is 16.3 Å². The summed E-state index contributed by atoms with van der Waals surface area (Å²) < 4.78 is 6.25. The predicted molar refractivity (Wildman–Crippen MR) is 71.3 cm³/mol. The number of nitrogens with one attached hydrogen (secondary N) is 1. The zero-order chi connectivity index (χ0) is 12.5. The first-order chi connectivity index (χ1) is 8.72. The quantitative estimate of drug-likeness (QED) is 0.860. The van der Waals surface area contributed by atoms with Crippen LogP contribution in [0.1, 0.15) is 12.8 Å². The Labute approximate surface area is 113 Å². The molecule has 0 aliphatic carbocycles. The highest BCUT2D eigenvalue weighted by Crippen LogP contribution is 2.29. The molecule has 1 aromatic carbocycles. The zero-order valence-corrected chi connectivity index (χ0v) is 11.1. The molecule has 2 aromatic rings. The highest BCUT2D eigenvalue weighted by Gasteiger charge is 2.24. The molecule has 0 saturated carbocycles. The Morgan fingerprint density at radius 1 is 1.56 bits per heavy atom. The summed E-state index contributed by atoms with van der Waals surface area (Å²) in [5.41, 5.74) is 0.759. The summed E-state index contributed by atoms with van der Waals surface area (Å²) in [6.45, 7) is 0.870. The fourth-order valence-electron chi connectivity index (χ4n) is 1.97. The lowest BCUT2D eigenvalue weighted by atomic mass is 10.2. The summed E-state index contributed by atoms with van der Waals surface area (Å²) in [5, 5.41) is 4.11. The van der Waals surface area contributed by atoms with Crippen LogP contribution in [0.4, 0.5) is 0 Å². The first kappa shape index (κ1) is 11.9. The third-order valence-electron chi connectivity index (χ3n) is 2.86. The normalized spacial score (nSPS) is 19.3. The van der Waals surface area contributed by atoms with Crippen molar-refractivity contribution in [2.75, 3.05) is 6.54 Å². The van der Waals surface area contributed by atoms with Crippen LogP contribution in [-0.2, 0) is 4.79 Å². The number of aromatic nitrogens is 1. The van der Waals surface area contributed by atoms with E-state index in [1.807, 2.05) is 6.07 Å². The van der Waals surface area contributed by atoms with Gasteiger partial charge in [0.2, 0.25) is 0 Å². The molecule has 1 aromatic heterocycles. The van der Waals surface area contributed by atoms with Crippen molar-refractivity contribution < 1.29 is 9.53 Å². The molecule has 1 fully saturated rings. The van der Waals surface area contributed by atoms with Gasteiger partial charge in [-0.2, -0.15) is 0 Å². The summed E-state index contributed by atoms with van der Waals surface area (Å²) in [6, 6.07) is 5.24. The predicted octanol–water partition coefficient (Wildman–Crippen LogP) is 2.61. The Balaban J connectivity index is 1.79. The number of carbonyl (C=O) groups is 1. The summed E-state index contributed by atoms with van der Waals surface area (Å²) >= 11 is 7.24. The van der Waals surface area contributed by atoms with Crippen LogP contribution in [0, 0.1) is 0 Å². The van der Waals surface area contributed by atoms with E-state index >= 15 is 0 Å². The van der Waals surface area contributed by atoms with Crippen LogP contribution >= 0.6 is 22.9 Å². The maximum atomic E-state index is 11.8. The number of fused-ring (bicyclic) bond motifs is 1. The van der Waals surface area contributed by atoms with Crippen LogP contribution in [0.25, 0.3) is 10.2 Å². The van der Waals surface area contributed by atoms with Crippen LogP contribution in [0.5, 0.6) is 5.19 Å². The van der Waals surface area contributed by atoms with Gasteiger partial charge in [-0.1, -0.05) is 22.9 Å². The molecule has 1 N–H and O–H groups in total. The zero-order valence-electron chi connectivity index (χ0n) is 9.48. The number of esters is 1. The fraction of sp³-hybridized carbons (Fsp3) is 0.333. The van der Waals surface area contributed by atoms with E-state index in [1.165, 1.54) is 11.3 Å². The Hall–Kier alpha value is -1.17. The van der Waals surface area contributed by atoms with E-state index in [0.717, 1.165) is 29.6 Å². The van der Waals surface area contributed by atoms with Crippen LogP contribution in [0.2, 0.25) is 5.02 Å². The maximum absolute atomic E-state index is 11.8. The number of carbonyl (C=O) groups excluding carboxylic acids is 1. The van der Waals surface area contributed by atoms with Gasteiger partial charge in [-0.05, 0) is 37.6 Å². The number of ether oxygens (including phenoxy) is 1. The molecule has 4 nitrogen and oxygen atoms in total. The Morgan fingerprint density at radius 2 is 2.44 bits per heavy atom. The van der Waals surface area contributed by atoms with Crippen molar-refractivity contribution >= 4 is 39.1 Å². The van der Waals surface area contributed by atoms with E-state index in [-0.39, 0.29) is 12.0 Å². The number of thiazole rings is 1. The van der Waals surface area contributed by atoms with Gasteiger partial charge in [-0.25, -0.2) is 9.78 Å². The highest BCUT2D eigenvalue weighted by molar-refractivity contribution is 7.20. The minimum absolute atomic E-state index is 0.194. The topological polar surface area (TPSA) is 51.2 Å². The molecule has 0 amide bonds. The number of rotatable bonds is 2. The molecule has 1 aliphatic rings. The molecular weight excluding hydrogens is 272 g/mol. The molecule has 0 spiro atoms. The first-order valence-corrected chi connectivity index (χ1v) is 6.93. The van der Waals surface area contributed by atoms with Crippen molar-refractivity contribution in [3.63, 3.8) is 0 Å². The lowest BCUT2D eigenvalue weighted by Gasteiger charge is -2.06. The Morgan fingerprint density at radius 3 is 3.22 bits per heavy atom. The van der Waals surface area contributed by atoms with Gasteiger partial charge in [-0.15, -0.1) is 0 Å². The lowest BCUT2D eigenvalue weighted by Crippen LogP contribution is -2.34. The molecule has 0 bridgehead atoms. The van der Waals surface area contributed by atoms with E-state index in [1.54, 1.807) is 12.1 Å². The number of halogens is 1. The van der Waals surface area contributed by atoms with Gasteiger partial charge in [0.25, 0.3) is 5.19 Å². The highest BCUT2D eigenvalue weighted by atomic mass is 35.5. The molecule has 2 heterocycles. The molecule has 18 heavy (non-hydrogen) atoms. The molecule has 6 heteroatoms. The summed E-state index contributed by atoms with van der Waals surface area (Å²) in [5.74, 6) is -0.252. The van der Waals surface area contributed by atoms with Crippen molar-refractivity contribution in [3.05, 3.63) is 23.2 Å². The third-order valence-corrected chi connectivity index (χ3v) is 4.01. The van der Waals surface area contributed by atoms with Gasteiger partial charge in [0.05, 0.1) is 10.2 Å². The van der Waals surface area contributed by atoms with Crippen molar-refractivity contribution in [1.29, 1.82) is 0 Å². The average molecular weight is 283 g/mol. The van der Waals surface area contributed by atoms with Gasteiger partial charge in [-0.3, -0.25) is 0 Å². The maximum Gasteiger partial charge on any atom is 0.330 e. The van der Waals surface area contributed by atoms with Crippen LogP contribution in [-0.4, -0.2) is 23.5 Å². The van der Waals surface area contributed by atoms with Gasteiger partial charge in [0.1, 0.15) is 6.04 Å². The van der Waals surface area contributed by atoms with Crippen molar-refractivity contribution in [2.24, 2.45) is 0 Å². The van der Waals surface area contributed by atoms with Gasteiger partial charge in [0.15, 0.2) is 0 Å². The molecule has 94 valence electrons. The summed E-state index contributed by atoms with van der Waals surface area (Å²) in [6.07, 6.45) is 1.84. The third kappa shape index (κ3) is 2.34. The molecule has 1 saturated heterocycles. The van der Waals surface area contributed by atoms with Gasteiger partial charge < -0.3 is 10.1 Å². The second-order valence-corrected chi connectivity index (χ2v) is 5.59. The number of hydrogen-bond donors (Lipinski definition) is 1. The van der Waals surface area contributed by atoms with Crippen molar-refractivity contribution in [3.8, 4) is 5.19 Å². The van der Waals surface area contributed by atoms with E-state index < -0.39 is 0 Å². The molecule has 1 atom stereocenters. The van der Waals surface area contributed by atoms with Crippen LogP contribution in [0.15, 0.2) is 18.2 Å². The summed E-state index contributed by atoms with van der Waals surface area (Å²) in [7, 11) is 0. The Bertz CT molecular complexity index is 593. The number of benzene rings is 1. The molecular formula is C12H11ClN2O2S. The number of nitrogens with zero attached hydrogens (tertiary/aromatic N) is 1. The van der Waals surface area contributed by atoms with Gasteiger partial charge >= 0.3 is 5.97 Å². The van der Waals surface area contributed by atoms with E-state index in [0.29, 0.717) is 10.2 Å². The summed E-state index contributed by atoms with van der Waals surface area (Å²) in [4.78, 5) is 16.1. The molecule has 0 radical (unpaired) electrons. The minimum Gasteiger partial charge on any atom is -0.397 e. The molecule has 1 unspecified atom stereocenters. The number of hydrogen-bond acceptors (Lipinski definition) is 5. The second-order valence-electron chi connectivity index (χ2n) is 4.16. The minimum atomic E-state index is -0.252. The lowest BCUT2D eigenvalue weighted by molar-refractivity contribution is -0.136. The smallest absolute Gasteiger partial charge is 0.330 e. The first-order valence-electron chi connectivity index (χ1n) is 5.73. The average Bonchev–Trinajstić information content (AvgIpc) is 2.95. The van der Waals surface area contributed by atoms with Gasteiger partial charge in [0, 0.05) is 5.02 Å². The van der Waals surface area contributed by atoms with Crippen molar-refractivity contribution in [1.82, 2.24) is 10.3 Å². The van der Waals surface area contributed by atoms with E-state index in [9.17, 15) is 4.79 Å². The fourth-order valence-corrected chi connectivity index (χ4v) is 2.93. The monoisotopic (exact) mass is 282 g/mol. The molecule has 1 aliphatic heterocycles. The molecule has 3 rings (SSSR count). The second kappa shape index (κ2) is 4.84. The Kier molecular flexibility index (Phi) is 3.20. The standard InChI is InChI=1S/C12H11ClN2O2S/c13-7-3-4-10-9(6-7)15-12(18-10)17-11(16)8-2-1-5-14-8/h3-4,6,8,14H,1-2,5H2. The van der Waals surface area contributed by atoms with Crippen LogP contribution in [0.3, 0.4) is 0 Å².